The first-order valence-electron chi connectivity index (χ1n) is 8.45. The van der Waals surface area contributed by atoms with E-state index in [9.17, 15) is 0 Å². The molecule has 1 nitrogen and oxygen atoms in total. The van der Waals surface area contributed by atoms with Gasteiger partial charge in [-0.05, 0) is 40.8 Å². The maximum Gasteiger partial charge on any atom is 0.220 e. The summed E-state index contributed by atoms with van der Waals surface area (Å²) in [4.78, 5) is 0. The maximum absolute atomic E-state index is 8.45. The minimum Gasteiger partial charge on any atom is -0.198 e. The van der Waals surface area contributed by atoms with Gasteiger partial charge in [0.25, 0.3) is 0 Å². The van der Waals surface area contributed by atoms with Gasteiger partial charge in [0.05, 0.1) is 12.3 Å². The molecule has 1 heterocycles. The highest BCUT2D eigenvalue weighted by molar-refractivity contribution is 5.97. The van der Waals surface area contributed by atoms with E-state index in [0.717, 1.165) is 16.5 Å². The summed E-state index contributed by atoms with van der Waals surface area (Å²) < 4.78 is 10.6. The number of hydrogen-bond acceptors (Lipinski definition) is 0. The second kappa shape index (κ2) is 5.20. The van der Waals surface area contributed by atoms with Crippen LogP contribution in [-0.4, -0.2) is 0 Å². The summed E-state index contributed by atoms with van der Waals surface area (Å²) in [6.07, 6.45) is 0. The van der Waals surface area contributed by atoms with Crippen molar-refractivity contribution in [1.82, 2.24) is 0 Å². The molecule has 4 aromatic rings. The van der Waals surface area contributed by atoms with Gasteiger partial charge in [-0.15, -0.1) is 0 Å². The molecule has 0 N–H and O–H groups in total. The van der Waals surface area contributed by atoms with Gasteiger partial charge >= 0.3 is 0 Å². The van der Waals surface area contributed by atoms with Crippen molar-refractivity contribution in [2.45, 2.75) is 13.8 Å². The van der Waals surface area contributed by atoms with E-state index in [2.05, 4.69) is 67.1 Å². The molecule has 3 aromatic carbocycles. The number of benzene rings is 3. The second-order valence-corrected chi connectivity index (χ2v) is 6.18. The number of hydrogen-bond donors (Lipinski definition) is 0. The van der Waals surface area contributed by atoms with Crippen LogP contribution in [0.15, 0.2) is 66.7 Å². The molecule has 0 aliphatic carbocycles. The smallest absolute Gasteiger partial charge is 0.198 e. The van der Waals surface area contributed by atoms with E-state index >= 15 is 0 Å². The third-order valence-electron chi connectivity index (χ3n) is 4.68. The van der Waals surface area contributed by atoms with Crippen LogP contribution >= 0.6 is 0 Å². The lowest BCUT2D eigenvalue weighted by atomic mass is 9.95. The molecule has 0 fully saturated rings. The van der Waals surface area contributed by atoms with Crippen molar-refractivity contribution in [3.63, 3.8) is 0 Å². The highest BCUT2D eigenvalue weighted by atomic mass is 14.9. The van der Waals surface area contributed by atoms with Crippen LogP contribution in [0.4, 0.5) is 0 Å². The van der Waals surface area contributed by atoms with E-state index in [1.165, 1.54) is 27.6 Å². The zero-order chi connectivity index (χ0) is 16.8. The van der Waals surface area contributed by atoms with Crippen LogP contribution in [-0.2, 0) is 7.05 Å². The Kier molecular flexibility index (Phi) is 2.90. The first-order chi connectivity index (χ1) is 11.6. The third-order valence-corrected chi connectivity index (χ3v) is 4.68. The number of nitrogens with zero attached hydrogens (tertiary/aromatic N) is 1. The van der Waals surface area contributed by atoms with E-state index in [-0.39, 0.29) is 0 Å². The van der Waals surface area contributed by atoms with E-state index < -0.39 is 0 Å². The molecule has 1 heteroatoms. The minimum atomic E-state index is 0.607. The number of pyridine rings is 1. The van der Waals surface area contributed by atoms with Crippen molar-refractivity contribution in [2.75, 3.05) is 0 Å². The van der Waals surface area contributed by atoms with E-state index in [1.54, 1.807) is 0 Å². The van der Waals surface area contributed by atoms with Crippen molar-refractivity contribution < 1.29 is 5.94 Å². The van der Waals surface area contributed by atoms with E-state index in [1.807, 2.05) is 19.1 Å². The molecule has 0 amide bonds. The van der Waals surface area contributed by atoms with Crippen LogP contribution in [0.2, 0.25) is 0 Å². The Balaban J connectivity index is 2.16. The lowest BCUT2D eigenvalue weighted by molar-refractivity contribution is -0.665. The predicted molar refractivity (Wildman–Crippen MR) is 97.5 cm³/mol. The molecular weight excluding hydrogens is 278 g/mol. The Hall–Kier alpha value is -2.67. The lowest BCUT2D eigenvalue weighted by Crippen LogP contribution is -2.35. The van der Waals surface area contributed by atoms with Gasteiger partial charge in [-0.3, -0.25) is 0 Å². The van der Waals surface area contributed by atoms with Gasteiger partial charge < -0.3 is 0 Å². The molecule has 23 heavy (non-hydrogen) atoms. The van der Waals surface area contributed by atoms with E-state index in [4.69, 9.17) is 1.37 Å². The Morgan fingerprint density at radius 1 is 0.826 bits per heavy atom. The minimum absolute atomic E-state index is 0.607. The number of aryl methyl sites for hydroxylation is 1. The third kappa shape index (κ3) is 2.20. The Labute approximate surface area is 138 Å². The molecule has 0 atom stereocenters. The van der Waals surface area contributed by atoms with Gasteiger partial charge in [-0.2, -0.15) is 4.57 Å². The Morgan fingerprint density at radius 3 is 2.17 bits per heavy atom. The largest absolute Gasteiger partial charge is 0.220 e. The van der Waals surface area contributed by atoms with Crippen molar-refractivity contribution in [1.29, 1.82) is 0 Å². The predicted octanol–water partition coefficient (Wildman–Crippen LogP) is 5.10. The van der Waals surface area contributed by atoms with Crippen LogP contribution in [0.25, 0.3) is 32.8 Å². The van der Waals surface area contributed by atoms with Crippen LogP contribution in [0.1, 0.15) is 12.6 Å². The molecule has 1 aromatic heterocycles. The van der Waals surface area contributed by atoms with Crippen LogP contribution in [0.3, 0.4) is 0 Å². The van der Waals surface area contributed by atoms with Crippen molar-refractivity contribution in [2.24, 2.45) is 7.05 Å². The summed E-state index contributed by atoms with van der Waals surface area (Å²) in [5.74, 6) is 0. The summed E-state index contributed by atoms with van der Waals surface area (Å²) in [7, 11) is 2.06. The van der Waals surface area contributed by atoms with Crippen molar-refractivity contribution in [3.05, 3.63) is 78.0 Å². The fraction of sp³-hybridized carbons (Fsp3) is 0.136. The standard InChI is InChI=1S/C22H20N/c1-15-12-17-8-4-5-9-18(17)14-21(15)22-20-11-7-6-10-19(20)13-16(2)23(22)3/h4-14H,1-3H3/q+1/i13D. The van der Waals surface area contributed by atoms with Crippen LogP contribution in [0.5, 0.6) is 0 Å². The zero-order valence-electron chi connectivity index (χ0n) is 14.7. The molecule has 0 saturated carbocycles. The van der Waals surface area contributed by atoms with Crippen molar-refractivity contribution >= 4 is 21.5 Å². The van der Waals surface area contributed by atoms with E-state index in [0.29, 0.717) is 6.04 Å². The molecule has 0 aliphatic rings. The first kappa shape index (κ1) is 12.8. The summed E-state index contributed by atoms with van der Waals surface area (Å²) in [5.41, 5.74) is 4.65. The Morgan fingerprint density at radius 2 is 1.43 bits per heavy atom. The van der Waals surface area contributed by atoms with Crippen LogP contribution in [0, 0.1) is 13.8 Å². The van der Waals surface area contributed by atoms with Gasteiger partial charge in [0, 0.05) is 13.0 Å². The maximum atomic E-state index is 8.45. The molecule has 0 unspecified atom stereocenters. The summed E-state index contributed by atoms with van der Waals surface area (Å²) in [6, 6.07) is 21.8. The molecule has 0 radical (unpaired) electrons. The van der Waals surface area contributed by atoms with Gasteiger partial charge in [-0.25, -0.2) is 0 Å². The Bertz CT molecular complexity index is 1100. The average Bonchev–Trinajstić information content (AvgIpc) is 2.60. The average molecular weight is 299 g/mol. The summed E-state index contributed by atoms with van der Waals surface area (Å²) >= 11 is 0. The molecule has 112 valence electrons. The molecule has 4 rings (SSSR count). The quantitative estimate of drug-likeness (QED) is 0.430. The fourth-order valence-corrected chi connectivity index (χ4v) is 3.36. The van der Waals surface area contributed by atoms with Gasteiger partial charge in [0.2, 0.25) is 5.69 Å². The summed E-state index contributed by atoms with van der Waals surface area (Å²) in [5, 5.41) is 4.65. The second-order valence-electron chi connectivity index (χ2n) is 6.18. The topological polar surface area (TPSA) is 3.88 Å². The number of rotatable bonds is 1. The van der Waals surface area contributed by atoms with Crippen molar-refractivity contribution in [3.8, 4) is 11.3 Å². The molecule has 0 spiro atoms. The normalized spacial score (nSPS) is 11.9. The highest BCUT2D eigenvalue weighted by Crippen LogP contribution is 2.31. The fourth-order valence-electron chi connectivity index (χ4n) is 3.36. The van der Waals surface area contributed by atoms with Gasteiger partial charge in [0.1, 0.15) is 7.05 Å². The van der Waals surface area contributed by atoms with Gasteiger partial charge in [-0.1, -0.05) is 48.5 Å². The number of fused-ring (bicyclic) bond motifs is 2. The molecule has 0 bridgehead atoms. The zero-order valence-corrected chi connectivity index (χ0v) is 13.7. The van der Waals surface area contributed by atoms with Crippen LogP contribution < -0.4 is 4.57 Å². The monoisotopic (exact) mass is 299 g/mol. The highest BCUT2D eigenvalue weighted by Gasteiger charge is 2.19. The number of aromatic nitrogens is 1. The lowest BCUT2D eigenvalue weighted by Gasteiger charge is -2.11. The molecular formula is C22H20N+. The first-order valence-corrected chi connectivity index (χ1v) is 7.95. The summed E-state index contributed by atoms with van der Waals surface area (Å²) in [6.45, 7) is 4.19. The molecule has 0 aliphatic heterocycles. The SMILES string of the molecule is [2H]c1c(C)[n+](C)c(-c2cc3ccccc3cc2C)c2ccccc12. The van der Waals surface area contributed by atoms with Gasteiger partial charge in [0.15, 0.2) is 5.69 Å². The molecule has 0 saturated heterocycles.